The largest absolute Gasteiger partial charge is 0.356 e. The van der Waals surface area contributed by atoms with Crippen LogP contribution in [0.3, 0.4) is 0 Å². The molecule has 1 heterocycles. The van der Waals surface area contributed by atoms with Crippen LogP contribution in [0.2, 0.25) is 0 Å². The maximum Gasteiger partial charge on any atom is 0.289 e. The lowest BCUT2D eigenvalue weighted by Gasteiger charge is -2.37. The lowest BCUT2D eigenvalue weighted by Crippen LogP contribution is -2.56. The van der Waals surface area contributed by atoms with Crippen LogP contribution in [0.5, 0.6) is 0 Å². The van der Waals surface area contributed by atoms with E-state index in [0.717, 1.165) is 12.8 Å². The third-order valence-corrected chi connectivity index (χ3v) is 9.54. The van der Waals surface area contributed by atoms with Crippen LogP contribution >= 0.6 is 0 Å². The second-order valence-corrected chi connectivity index (χ2v) is 14.3. The van der Waals surface area contributed by atoms with Gasteiger partial charge in [-0.2, -0.15) is 0 Å². The summed E-state index contributed by atoms with van der Waals surface area (Å²) in [6.45, 7) is 7.75. The van der Waals surface area contributed by atoms with Crippen LogP contribution in [0.25, 0.3) is 0 Å². The normalized spacial score (nSPS) is 22.4. The highest BCUT2D eigenvalue weighted by molar-refractivity contribution is 6.38. The Morgan fingerprint density at radius 1 is 1.02 bits per heavy atom. The molecule has 0 aromatic carbocycles. The molecule has 2 saturated carbocycles. The van der Waals surface area contributed by atoms with Crippen LogP contribution < -0.4 is 16.0 Å². The Bertz CT molecular complexity index is 1110. The Balaban J connectivity index is 1.81. The number of likely N-dealkylation sites (N-methyl/N-ethyl adjacent to an activating group) is 1. The van der Waals surface area contributed by atoms with E-state index in [0.29, 0.717) is 25.8 Å². The quantitative estimate of drug-likeness (QED) is 0.234. The predicted octanol–water partition coefficient (Wildman–Crippen LogP) is 3.70. The maximum absolute atomic E-state index is 14.1. The zero-order valence-electron chi connectivity index (χ0n) is 27.5. The second-order valence-electron chi connectivity index (χ2n) is 14.3. The Morgan fingerprint density at radius 2 is 1.67 bits per heavy atom. The van der Waals surface area contributed by atoms with Gasteiger partial charge in [0, 0.05) is 56.1 Å². The SMILES string of the molecule is CCC[C@@H](C(=O)N[C@@H](C[C@@H]1CCCNC1=O)C(=O)C(=O)NC1CC1)N(C)C(=O)[C@H](CCC(=O)C(C)(C)C)C1CCC(F)(F)CC1. The zero-order chi connectivity index (χ0) is 33.5. The van der Waals surface area contributed by atoms with E-state index in [-0.39, 0.29) is 75.0 Å². The first-order valence-corrected chi connectivity index (χ1v) is 16.6. The van der Waals surface area contributed by atoms with E-state index in [1.54, 1.807) is 20.8 Å². The number of ketones is 2. The third-order valence-electron chi connectivity index (χ3n) is 9.54. The van der Waals surface area contributed by atoms with Crippen LogP contribution in [0.1, 0.15) is 111 Å². The number of hydrogen-bond donors (Lipinski definition) is 3. The number of rotatable bonds is 15. The molecule has 0 unspecified atom stereocenters. The zero-order valence-corrected chi connectivity index (χ0v) is 27.5. The Morgan fingerprint density at radius 3 is 2.22 bits per heavy atom. The van der Waals surface area contributed by atoms with Crippen molar-refractivity contribution in [2.75, 3.05) is 13.6 Å². The second kappa shape index (κ2) is 15.6. The predicted molar refractivity (Wildman–Crippen MR) is 164 cm³/mol. The number of carbonyl (C=O) groups excluding carboxylic acids is 6. The molecule has 0 radical (unpaired) electrons. The summed E-state index contributed by atoms with van der Waals surface area (Å²) in [5.41, 5.74) is -0.619. The van der Waals surface area contributed by atoms with Crippen molar-refractivity contribution in [1.29, 1.82) is 0 Å². The number of piperidine rings is 1. The molecule has 10 nitrogen and oxygen atoms in total. The summed E-state index contributed by atoms with van der Waals surface area (Å²) < 4.78 is 28.1. The molecule has 254 valence electrons. The van der Waals surface area contributed by atoms with Gasteiger partial charge in [-0.1, -0.05) is 34.1 Å². The Labute approximate surface area is 265 Å². The molecule has 4 amide bonds. The standard InChI is InChI=1S/C33H52F2N4O6/c1-6-8-25(29(43)38-24(19-21-9-7-18-36-28(21)42)27(41)30(44)37-22-10-11-22)39(5)31(45)23(12-13-26(40)32(2,3)4)20-14-16-33(34,35)17-15-20/h20-25H,6-19H2,1-5H3,(H,36,42)(H,37,44)(H,38,43)/t21-,23+,24-,25-/m0/s1. The van der Waals surface area contributed by atoms with Gasteiger partial charge in [0.2, 0.25) is 29.4 Å². The van der Waals surface area contributed by atoms with E-state index in [1.165, 1.54) is 11.9 Å². The van der Waals surface area contributed by atoms with Gasteiger partial charge in [-0.25, -0.2) is 8.78 Å². The van der Waals surface area contributed by atoms with Crippen LogP contribution in [-0.2, 0) is 28.8 Å². The topological polar surface area (TPSA) is 142 Å². The van der Waals surface area contributed by atoms with Crippen LogP contribution in [-0.4, -0.2) is 77.7 Å². The fourth-order valence-corrected chi connectivity index (χ4v) is 6.36. The van der Waals surface area contributed by atoms with Crippen LogP contribution in [0.4, 0.5) is 8.78 Å². The third kappa shape index (κ3) is 10.6. The summed E-state index contributed by atoms with van der Waals surface area (Å²) in [7, 11) is 1.49. The van der Waals surface area contributed by atoms with Crippen molar-refractivity contribution in [2.24, 2.45) is 23.2 Å². The van der Waals surface area contributed by atoms with Gasteiger partial charge in [0.25, 0.3) is 5.91 Å². The molecular formula is C33H52F2N4O6. The van der Waals surface area contributed by atoms with E-state index >= 15 is 0 Å². The molecule has 0 bridgehead atoms. The van der Waals surface area contributed by atoms with Gasteiger partial charge < -0.3 is 20.9 Å². The molecule has 3 rings (SSSR count). The van der Waals surface area contributed by atoms with E-state index in [4.69, 9.17) is 0 Å². The summed E-state index contributed by atoms with van der Waals surface area (Å²) in [6, 6.07) is -2.33. The van der Waals surface area contributed by atoms with E-state index < -0.39 is 58.8 Å². The number of Topliss-reactive ketones (excluding diaryl/α,β-unsaturated/α-hetero) is 2. The molecule has 0 aromatic rings. The number of nitrogens with one attached hydrogen (secondary N) is 3. The number of nitrogens with zero attached hydrogens (tertiary/aromatic N) is 1. The number of amides is 4. The molecule has 12 heteroatoms. The summed E-state index contributed by atoms with van der Waals surface area (Å²) in [4.78, 5) is 80.5. The average molecular weight is 639 g/mol. The lowest BCUT2D eigenvalue weighted by molar-refractivity contribution is -0.147. The highest BCUT2D eigenvalue weighted by atomic mass is 19.3. The lowest BCUT2D eigenvalue weighted by atomic mass is 9.75. The fraction of sp³-hybridized carbons (Fsp3) is 0.818. The van der Waals surface area contributed by atoms with Crippen molar-refractivity contribution < 1.29 is 37.5 Å². The van der Waals surface area contributed by atoms with E-state index in [2.05, 4.69) is 16.0 Å². The summed E-state index contributed by atoms with van der Waals surface area (Å²) in [6.07, 6.45) is 3.41. The number of halogens is 2. The van der Waals surface area contributed by atoms with Crippen molar-refractivity contribution in [3.63, 3.8) is 0 Å². The Hall–Kier alpha value is -2.92. The van der Waals surface area contributed by atoms with Gasteiger partial charge in [0.1, 0.15) is 11.8 Å². The minimum atomic E-state index is -2.79. The van der Waals surface area contributed by atoms with Crippen molar-refractivity contribution in [3.05, 3.63) is 0 Å². The molecule has 1 aliphatic heterocycles. The van der Waals surface area contributed by atoms with Gasteiger partial charge >= 0.3 is 0 Å². The van der Waals surface area contributed by atoms with Crippen LogP contribution in [0.15, 0.2) is 0 Å². The fourth-order valence-electron chi connectivity index (χ4n) is 6.36. The molecule has 45 heavy (non-hydrogen) atoms. The highest BCUT2D eigenvalue weighted by Crippen LogP contribution is 2.41. The van der Waals surface area contributed by atoms with Crippen LogP contribution in [0, 0.1) is 23.2 Å². The van der Waals surface area contributed by atoms with E-state index in [1.807, 2.05) is 6.92 Å². The first kappa shape index (κ1) is 36.5. The maximum atomic E-state index is 14.1. The molecule has 4 atom stereocenters. The Kier molecular flexibility index (Phi) is 12.7. The van der Waals surface area contributed by atoms with Gasteiger partial charge in [-0.05, 0) is 63.7 Å². The molecule has 3 fully saturated rings. The molecule has 1 saturated heterocycles. The van der Waals surface area contributed by atoms with Gasteiger partial charge in [-0.3, -0.25) is 28.8 Å². The molecule has 3 N–H and O–H groups in total. The summed E-state index contributed by atoms with van der Waals surface area (Å²) in [5, 5.41) is 8.13. The number of hydrogen-bond acceptors (Lipinski definition) is 6. The summed E-state index contributed by atoms with van der Waals surface area (Å²) in [5.74, 6) is -7.37. The monoisotopic (exact) mass is 638 g/mol. The molecular weight excluding hydrogens is 586 g/mol. The molecule has 2 aliphatic carbocycles. The minimum absolute atomic E-state index is 0.0375. The van der Waals surface area contributed by atoms with Crippen molar-refractivity contribution in [2.45, 2.75) is 135 Å². The number of carbonyl (C=O) groups is 6. The molecule has 0 spiro atoms. The van der Waals surface area contributed by atoms with Gasteiger partial charge in [0.05, 0.1) is 6.04 Å². The average Bonchev–Trinajstić information content (AvgIpc) is 3.79. The minimum Gasteiger partial charge on any atom is -0.356 e. The molecule has 3 aliphatic rings. The molecule has 0 aromatic heterocycles. The van der Waals surface area contributed by atoms with Gasteiger partial charge in [0.15, 0.2) is 0 Å². The van der Waals surface area contributed by atoms with Crippen molar-refractivity contribution in [3.8, 4) is 0 Å². The smallest absolute Gasteiger partial charge is 0.289 e. The van der Waals surface area contributed by atoms with E-state index in [9.17, 15) is 37.5 Å². The van der Waals surface area contributed by atoms with Gasteiger partial charge in [-0.15, -0.1) is 0 Å². The summed E-state index contributed by atoms with van der Waals surface area (Å²) >= 11 is 0. The first-order valence-electron chi connectivity index (χ1n) is 16.6. The first-order chi connectivity index (χ1) is 21.0. The highest BCUT2D eigenvalue weighted by Gasteiger charge is 2.43. The number of alkyl halides is 2. The van der Waals surface area contributed by atoms with Crippen molar-refractivity contribution in [1.82, 2.24) is 20.9 Å². The van der Waals surface area contributed by atoms with Crippen molar-refractivity contribution >= 4 is 35.2 Å².